The van der Waals surface area contributed by atoms with Crippen molar-refractivity contribution in [1.29, 1.82) is 0 Å². The number of ether oxygens (including phenoxy) is 1. The number of sulfonamides is 1. The first kappa shape index (κ1) is 17.9. The lowest BCUT2D eigenvalue weighted by molar-refractivity contribution is 0.185. The Hall–Kier alpha value is -1.92. The summed E-state index contributed by atoms with van der Waals surface area (Å²) in [5.41, 5.74) is 0.340. The Morgan fingerprint density at radius 2 is 1.80 bits per heavy atom. The minimum Gasteiger partial charge on any atom is -0.493 e. The number of para-hydroxylation sites is 1. The zero-order valence-electron chi connectivity index (χ0n) is 14.2. The summed E-state index contributed by atoms with van der Waals surface area (Å²) in [4.78, 5) is 0.158. The molecule has 1 heterocycles. The fraction of sp³-hybridized carbons (Fsp3) is 0.368. The summed E-state index contributed by atoms with van der Waals surface area (Å²) >= 11 is 0. The number of benzene rings is 2. The lowest BCUT2D eigenvalue weighted by atomic mass is 9.99. The van der Waals surface area contributed by atoms with Crippen LogP contribution in [0.1, 0.15) is 18.4 Å². The van der Waals surface area contributed by atoms with Crippen molar-refractivity contribution in [2.75, 3.05) is 19.7 Å². The van der Waals surface area contributed by atoms with Gasteiger partial charge in [-0.05, 0) is 61.6 Å². The van der Waals surface area contributed by atoms with E-state index >= 15 is 0 Å². The molecule has 4 nitrogen and oxygen atoms in total. The quantitative estimate of drug-likeness (QED) is 0.815. The molecule has 25 heavy (non-hydrogen) atoms. The number of rotatable bonds is 5. The fourth-order valence-electron chi connectivity index (χ4n) is 2.97. The van der Waals surface area contributed by atoms with Crippen LogP contribution in [-0.2, 0) is 10.0 Å². The predicted octanol–water partition coefficient (Wildman–Crippen LogP) is 3.61. The highest BCUT2D eigenvalue weighted by atomic mass is 32.2. The average molecular weight is 363 g/mol. The van der Waals surface area contributed by atoms with Gasteiger partial charge in [0, 0.05) is 13.1 Å². The number of hydrogen-bond donors (Lipinski definition) is 0. The standard InChI is InChI=1S/C19H22FNO3S/c1-15-13-18(7-8-19(15)20)25(22,23)21-11-9-16(10-12-21)14-24-17-5-3-2-4-6-17/h2-8,13,16H,9-12,14H2,1H3. The van der Waals surface area contributed by atoms with Crippen LogP contribution in [0.15, 0.2) is 53.4 Å². The maximum Gasteiger partial charge on any atom is 0.243 e. The van der Waals surface area contributed by atoms with Crippen LogP contribution in [0.5, 0.6) is 5.75 Å². The summed E-state index contributed by atoms with van der Waals surface area (Å²) in [6.07, 6.45) is 1.51. The molecule has 2 aromatic rings. The number of aryl methyl sites for hydroxylation is 1. The number of halogens is 1. The van der Waals surface area contributed by atoms with Crippen LogP contribution >= 0.6 is 0 Å². The fourth-order valence-corrected chi connectivity index (χ4v) is 4.53. The molecule has 2 aromatic carbocycles. The van der Waals surface area contributed by atoms with Gasteiger partial charge in [0.05, 0.1) is 11.5 Å². The van der Waals surface area contributed by atoms with Gasteiger partial charge >= 0.3 is 0 Å². The van der Waals surface area contributed by atoms with Gasteiger partial charge in [-0.2, -0.15) is 4.31 Å². The van der Waals surface area contributed by atoms with E-state index in [2.05, 4.69) is 0 Å². The van der Waals surface area contributed by atoms with Gasteiger partial charge in [0.1, 0.15) is 11.6 Å². The maximum atomic E-state index is 13.4. The van der Waals surface area contributed by atoms with Crippen molar-refractivity contribution in [3.05, 3.63) is 59.9 Å². The van der Waals surface area contributed by atoms with Gasteiger partial charge in [-0.15, -0.1) is 0 Å². The molecule has 0 amide bonds. The molecule has 0 saturated carbocycles. The van der Waals surface area contributed by atoms with Crippen LogP contribution < -0.4 is 4.74 Å². The summed E-state index contributed by atoms with van der Waals surface area (Å²) in [5.74, 6) is 0.775. The maximum absolute atomic E-state index is 13.4. The van der Waals surface area contributed by atoms with E-state index < -0.39 is 15.8 Å². The molecule has 1 aliphatic rings. The summed E-state index contributed by atoms with van der Waals surface area (Å²) < 4.78 is 46.1. The Bertz CT molecular complexity index is 816. The molecule has 0 aliphatic carbocycles. The predicted molar refractivity (Wildman–Crippen MR) is 94.6 cm³/mol. The van der Waals surface area contributed by atoms with E-state index in [0.29, 0.717) is 31.2 Å². The Morgan fingerprint density at radius 1 is 1.12 bits per heavy atom. The minimum absolute atomic E-state index is 0.158. The second-order valence-electron chi connectivity index (χ2n) is 6.38. The van der Waals surface area contributed by atoms with E-state index in [9.17, 15) is 12.8 Å². The van der Waals surface area contributed by atoms with Crippen LogP contribution in [0, 0.1) is 18.7 Å². The molecule has 0 aromatic heterocycles. The first-order valence-corrected chi connectivity index (χ1v) is 9.85. The zero-order chi connectivity index (χ0) is 17.9. The first-order chi connectivity index (χ1) is 12.0. The molecular formula is C19H22FNO3S. The molecule has 0 N–H and O–H groups in total. The largest absolute Gasteiger partial charge is 0.493 e. The first-order valence-electron chi connectivity index (χ1n) is 8.41. The Kier molecular flexibility index (Phi) is 5.39. The third-order valence-electron chi connectivity index (χ3n) is 4.57. The third kappa shape index (κ3) is 4.19. The van der Waals surface area contributed by atoms with Gasteiger partial charge in [-0.25, -0.2) is 12.8 Å². The number of piperidine rings is 1. The van der Waals surface area contributed by atoms with E-state index in [1.54, 1.807) is 6.92 Å². The summed E-state index contributed by atoms with van der Waals surface area (Å²) in [6, 6.07) is 13.6. The normalized spacial score (nSPS) is 16.7. The van der Waals surface area contributed by atoms with Crippen LogP contribution in [0.25, 0.3) is 0 Å². The van der Waals surface area contributed by atoms with Gasteiger partial charge < -0.3 is 4.74 Å². The van der Waals surface area contributed by atoms with Crippen LogP contribution in [0.4, 0.5) is 4.39 Å². The summed E-state index contributed by atoms with van der Waals surface area (Å²) in [5, 5.41) is 0. The lowest BCUT2D eigenvalue weighted by Gasteiger charge is -2.31. The summed E-state index contributed by atoms with van der Waals surface area (Å²) in [7, 11) is -3.57. The van der Waals surface area contributed by atoms with E-state index in [1.165, 1.54) is 22.5 Å². The lowest BCUT2D eigenvalue weighted by Crippen LogP contribution is -2.39. The molecule has 0 spiro atoms. The van der Waals surface area contributed by atoms with E-state index in [4.69, 9.17) is 4.74 Å². The smallest absolute Gasteiger partial charge is 0.243 e. The number of nitrogens with zero attached hydrogens (tertiary/aromatic N) is 1. The highest BCUT2D eigenvalue weighted by Gasteiger charge is 2.29. The van der Waals surface area contributed by atoms with E-state index in [0.717, 1.165) is 18.6 Å². The molecule has 6 heteroatoms. The molecule has 0 bridgehead atoms. The van der Waals surface area contributed by atoms with Gasteiger partial charge in [0.15, 0.2) is 0 Å². The van der Waals surface area contributed by atoms with Crippen molar-refractivity contribution in [1.82, 2.24) is 4.31 Å². The molecule has 1 saturated heterocycles. The van der Waals surface area contributed by atoms with Crippen molar-refractivity contribution < 1.29 is 17.5 Å². The topological polar surface area (TPSA) is 46.6 Å². The van der Waals surface area contributed by atoms with Gasteiger partial charge in [-0.3, -0.25) is 0 Å². The molecule has 3 rings (SSSR count). The molecule has 1 fully saturated rings. The SMILES string of the molecule is Cc1cc(S(=O)(=O)N2CCC(COc3ccccc3)CC2)ccc1F. The minimum atomic E-state index is -3.57. The van der Waals surface area contributed by atoms with Gasteiger partial charge in [0.2, 0.25) is 10.0 Å². The molecule has 134 valence electrons. The van der Waals surface area contributed by atoms with Gasteiger partial charge in [-0.1, -0.05) is 18.2 Å². The Labute approximate surface area is 148 Å². The van der Waals surface area contributed by atoms with Crippen molar-refractivity contribution >= 4 is 10.0 Å². The third-order valence-corrected chi connectivity index (χ3v) is 6.46. The highest BCUT2D eigenvalue weighted by Crippen LogP contribution is 2.25. The number of hydrogen-bond acceptors (Lipinski definition) is 3. The van der Waals surface area contributed by atoms with E-state index in [-0.39, 0.29) is 4.90 Å². The van der Waals surface area contributed by atoms with Crippen molar-refractivity contribution in [3.8, 4) is 5.75 Å². The molecule has 0 atom stereocenters. The second kappa shape index (κ2) is 7.54. The van der Waals surface area contributed by atoms with Crippen LogP contribution in [-0.4, -0.2) is 32.4 Å². The highest BCUT2D eigenvalue weighted by molar-refractivity contribution is 7.89. The molecule has 1 aliphatic heterocycles. The Morgan fingerprint density at radius 3 is 2.44 bits per heavy atom. The summed E-state index contributed by atoms with van der Waals surface area (Å²) in [6.45, 7) is 3.08. The monoisotopic (exact) mass is 363 g/mol. The zero-order valence-corrected chi connectivity index (χ0v) is 15.0. The average Bonchev–Trinajstić information content (AvgIpc) is 2.63. The van der Waals surface area contributed by atoms with Crippen molar-refractivity contribution in [2.24, 2.45) is 5.92 Å². The second-order valence-corrected chi connectivity index (χ2v) is 8.32. The van der Waals surface area contributed by atoms with Crippen LogP contribution in [0.2, 0.25) is 0 Å². The molecular weight excluding hydrogens is 341 g/mol. The van der Waals surface area contributed by atoms with Gasteiger partial charge in [0.25, 0.3) is 0 Å². The van der Waals surface area contributed by atoms with Crippen LogP contribution in [0.3, 0.4) is 0 Å². The van der Waals surface area contributed by atoms with Crippen molar-refractivity contribution in [2.45, 2.75) is 24.7 Å². The molecule has 0 unspecified atom stereocenters. The molecule has 0 radical (unpaired) electrons. The van der Waals surface area contributed by atoms with E-state index in [1.807, 2.05) is 30.3 Å². The van der Waals surface area contributed by atoms with Crippen molar-refractivity contribution in [3.63, 3.8) is 0 Å². The Balaban J connectivity index is 1.58.